The number of rotatable bonds is 4. The molecule has 0 aromatic carbocycles. The predicted octanol–water partition coefficient (Wildman–Crippen LogP) is 2.16. The molecule has 2 aliphatic rings. The molecule has 4 nitrogen and oxygen atoms in total. The van der Waals surface area contributed by atoms with Crippen molar-refractivity contribution in [2.24, 2.45) is 11.8 Å². The monoisotopic (exact) mass is 296 g/mol. The van der Waals surface area contributed by atoms with Gasteiger partial charge < -0.3 is 15.3 Å². The number of aliphatic hydroxyl groups excluding tert-OH is 1. The summed E-state index contributed by atoms with van der Waals surface area (Å²) in [5, 5.41) is 13.3. The third-order valence-corrected chi connectivity index (χ3v) is 5.06. The lowest BCUT2D eigenvalue weighted by Crippen LogP contribution is -2.44. The Bertz CT molecular complexity index is 327. The van der Waals surface area contributed by atoms with Gasteiger partial charge in [-0.05, 0) is 31.6 Å². The molecule has 0 unspecified atom stereocenters. The second-order valence-corrected chi connectivity index (χ2v) is 7.22. The van der Waals surface area contributed by atoms with Gasteiger partial charge in [-0.3, -0.25) is 4.79 Å². The zero-order chi connectivity index (χ0) is 15.2. The van der Waals surface area contributed by atoms with Gasteiger partial charge in [0.15, 0.2) is 0 Å². The summed E-state index contributed by atoms with van der Waals surface area (Å²) in [5.41, 5.74) is 0. The Kier molecular flexibility index (Phi) is 6.49. The first-order chi connectivity index (χ1) is 10.1. The van der Waals surface area contributed by atoms with Crippen LogP contribution in [0.1, 0.15) is 58.8 Å². The molecule has 21 heavy (non-hydrogen) atoms. The van der Waals surface area contributed by atoms with Gasteiger partial charge >= 0.3 is 0 Å². The summed E-state index contributed by atoms with van der Waals surface area (Å²) in [5.74, 6) is 0.885. The van der Waals surface area contributed by atoms with Crippen LogP contribution in [-0.4, -0.2) is 47.7 Å². The standard InChI is InChI=1S/C17H32N2O2/c1-13(2)17(21)18-15-8-10-19(11-9-16(15)20)12-14-6-4-3-5-7-14/h13-16,20H,3-12H2,1-2H3,(H,18,21)/t15-,16-/m0/s1. The fourth-order valence-electron chi connectivity index (χ4n) is 3.58. The van der Waals surface area contributed by atoms with E-state index in [0.717, 1.165) is 31.8 Å². The number of nitrogens with zero attached hydrogens (tertiary/aromatic N) is 1. The molecule has 2 atom stereocenters. The first kappa shape index (κ1) is 16.8. The summed E-state index contributed by atoms with van der Waals surface area (Å²) >= 11 is 0. The average Bonchev–Trinajstić information content (AvgIpc) is 2.64. The molecule has 0 aromatic rings. The molecule has 2 fully saturated rings. The second kappa shape index (κ2) is 8.14. The molecule has 0 aromatic heterocycles. The van der Waals surface area contributed by atoms with Crippen molar-refractivity contribution >= 4 is 5.91 Å². The number of hydrogen-bond acceptors (Lipinski definition) is 3. The van der Waals surface area contributed by atoms with Crippen LogP contribution >= 0.6 is 0 Å². The van der Waals surface area contributed by atoms with Gasteiger partial charge in [-0.1, -0.05) is 33.1 Å². The molecule has 1 saturated carbocycles. The van der Waals surface area contributed by atoms with E-state index < -0.39 is 6.10 Å². The van der Waals surface area contributed by atoms with Gasteiger partial charge in [-0.15, -0.1) is 0 Å². The molecule has 2 N–H and O–H groups in total. The lowest BCUT2D eigenvalue weighted by atomic mass is 9.89. The molecule has 0 bridgehead atoms. The summed E-state index contributed by atoms with van der Waals surface area (Å²) in [6, 6.07) is -0.0729. The summed E-state index contributed by atoms with van der Waals surface area (Å²) in [4.78, 5) is 14.3. The van der Waals surface area contributed by atoms with E-state index in [2.05, 4.69) is 10.2 Å². The highest BCUT2D eigenvalue weighted by Crippen LogP contribution is 2.25. The zero-order valence-electron chi connectivity index (χ0n) is 13.7. The van der Waals surface area contributed by atoms with Crippen molar-refractivity contribution in [2.75, 3.05) is 19.6 Å². The summed E-state index contributed by atoms with van der Waals surface area (Å²) in [7, 11) is 0. The van der Waals surface area contributed by atoms with Crippen molar-refractivity contribution in [2.45, 2.75) is 70.9 Å². The largest absolute Gasteiger partial charge is 0.391 e. The predicted molar refractivity (Wildman–Crippen MR) is 85.0 cm³/mol. The van der Waals surface area contributed by atoms with E-state index >= 15 is 0 Å². The van der Waals surface area contributed by atoms with Crippen LogP contribution in [0.4, 0.5) is 0 Å². The molecular weight excluding hydrogens is 264 g/mol. The summed E-state index contributed by atoms with van der Waals surface area (Å²) in [6.07, 6.45) is 8.14. The van der Waals surface area contributed by atoms with Crippen LogP contribution in [0.15, 0.2) is 0 Å². The van der Waals surface area contributed by atoms with E-state index in [9.17, 15) is 9.90 Å². The molecule has 4 heteroatoms. The number of amides is 1. The maximum Gasteiger partial charge on any atom is 0.222 e. The number of hydrogen-bond donors (Lipinski definition) is 2. The smallest absolute Gasteiger partial charge is 0.222 e. The molecule has 1 aliphatic carbocycles. The quantitative estimate of drug-likeness (QED) is 0.836. The topological polar surface area (TPSA) is 52.6 Å². The van der Waals surface area contributed by atoms with E-state index in [4.69, 9.17) is 0 Å². The molecule has 1 amide bonds. The SMILES string of the molecule is CC(C)C(=O)N[C@H]1CCN(CC2CCCCC2)CC[C@@H]1O. The van der Waals surface area contributed by atoms with Gasteiger partial charge in [0.25, 0.3) is 0 Å². The Morgan fingerprint density at radius 2 is 1.81 bits per heavy atom. The summed E-state index contributed by atoms with van der Waals surface area (Å²) in [6.45, 7) is 6.93. The maximum absolute atomic E-state index is 11.8. The highest BCUT2D eigenvalue weighted by atomic mass is 16.3. The lowest BCUT2D eigenvalue weighted by molar-refractivity contribution is -0.125. The Morgan fingerprint density at radius 1 is 1.14 bits per heavy atom. The minimum atomic E-state index is -0.399. The third kappa shape index (κ3) is 5.26. The van der Waals surface area contributed by atoms with E-state index in [1.807, 2.05) is 13.8 Å². The van der Waals surface area contributed by atoms with Crippen molar-refractivity contribution in [1.29, 1.82) is 0 Å². The van der Waals surface area contributed by atoms with Crippen molar-refractivity contribution in [3.05, 3.63) is 0 Å². The number of likely N-dealkylation sites (tertiary alicyclic amines) is 1. The Balaban J connectivity index is 1.80. The van der Waals surface area contributed by atoms with Crippen molar-refractivity contribution in [3.8, 4) is 0 Å². The van der Waals surface area contributed by atoms with Crippen molar-refractivity contribution in [3.63, 3.8) is 0 Å². The van der Waals surface area contributed by atoms with Crippen LogP contribution < -0.4 is 5.32 Å². The lowest BCUT2D eigenvalue weighted by Gasteiger charge is -2.28. The van der Waals surface area contributed by atoms with Crippen molar-refractivity contribution in [1.82, 2.24) is 10.2 Å². The number of carbonyl (C=O) groups is 1. The maximum atomic E-state index is 11.8. The van der Waals surface area contributed by atoms with Crippen LogP contribution in [0, 0.1) is 11.8 Å². The van der Waals surface area contributed by atoms with Crippen LogP contribution in [0.3, 0.4) is 0 Å². The first-order valence-corrected chi connectivity index (χ1v) is 8.77. The van der Waals surface area contributed by atoms with E-state index in [1.54, 1.807) is 0 Å². The van der Waals surface area contributed by atoms with Gasteiger partial charge in [0, 0.05) is 25.6 Å². The van der Waals surface area contributed by atoms with Gasteiger partial charge in [-0.2, -0.15) is 0 Å². The third-order valence-electron chi connectivity index (χ3n) is 5.06. The van der Waals surface area contributed by atoms with Gasteiger partial charge in [-0.25, -0.2) is 0 Å². The number of nitrogens with one attached hydrogen (secondary N) is 1. The molecule has 1 heterocycles. The molecule has 2 rings (SSSR count). The second-order valence-electron chi connectivity index (χ2n) is 7.22. The molecule has 1 aliphatic heterocycles. The Hall–Kier alpha value is -0.610. The molecule has 0 radical (unpaired) electrons. The fourth-order valence-corrected chi connectivity index (χ4v) is 3.58. The molecule has 122 valence electrons. The minimum Gasteiger partial charge on any atom is -0.391 e. The molecular formula is C17H32N2O2. The van der Waals surface area contributed by atoms with E-state index in [0.29, 0.717) is 0 Å². The van der Waals surface area contributed by atoms with Crippen LogP contribution in [0.5, 0.6) is 0 Å². The highest BCUT2D eigenvalue weighted by molar-refractivity contribution is 5.78. The fraction of sp³-hybridized carbons (Fsp3) is 0.941. The van der Waals surface area contributed by atoms with Crippen LogP contribution in [0.2, 0.25) is 0 Å². The molecule has 0 spiro atoms. The highest BCUT2D eigenvalue weighted by Gasteiger charge is 2.27. The number of aliphatic hydroxyl groups is 1. The van der Waals surface area contributed by atoms with E-state index in [1.165, 1.54) is 38.6 Å². The normalized spacial score (nSPS) is 29.3. The molecule has 1 saturated heterocycles. The van der Waals surface area contributed by atoms with Gasteiger partial charge in [0.1, 0.15) is 0 Å². The average molecular weight is 296 g/mol. The van der Waals surface area contributed by atoms with Crippen LogP contribution in [-0.2, 0) is 4.79 Å². The van der Waals surface area contributed by atoms with Crippen LogP contribution in [0.25, 0.3) is 0 Å². The minimum absolute atomic E-state index is 0.0150. The number of carbonyl (C=O) groups excluding carboxylic acids is 1. The first-order valence-electron chi connectivity index (χ1n) is 8.77. The Morgan fingerprint density at radius 3 is 2.48 bits per heavy atom. The zero-order valence-corrected chi connectivity index (χ0v) is 13.7. The van der Waals surface area contributed by atoms with E-state index in [-0.39, 0.29) is 17.9 Å². The Labute approximate surface area is 129 Å². The van der Waals surface area contributed by atoms with Gasteiger partial charge in [0.2, 0.25) is 5.91 Å². The summed E-state index contributed by atoms with van der Waals surface area (Å²) < 4.78 is 0. The van der Waals surface area contributed by atoms with Gasteiger partial charge in [0.05, 0.1) is 12.1 Å². The van der Waals surface area contributed by atoms with Crippen molar-refractivity contribution < 1.29 is 9.90 Å².